The number of hydrogen-bond donors (Lipinski definition) is 1. The van der Waals surface area contributed by atoms with Gasteiger partial charge in [0.05, 0.1) is 29.1 Å². The maximum Gasteiger partial charge on any atom is 0.231 e. The fraction of sp³-hybridized carbons (Fsp3) is 0.667. The summed E-state index contributed by atoms with van der Waals surface area (Å²) in [5, 5.41) is 3.25. The summed E-state index contributed by atoms with van der Waals surface area (Å²) in [7, 11) is 1.59. The van der Waals surface area contributed by atoms with Crippen LogP contribution in [0.4, 0.5) is 5.13 Å². The van der Waals surface area contributed by atoms with E-state index in [2.05, 4.69) is 10.3 Å². The zero-order chi connectivity index (χ0) is 19.1. The van der Waals surface area contributed by atoms with E-state index in [-0.39, 0.29) is 35.5 Å². The number of anilines is 1. The molecule has 3 rings (SSSR count). The van der Waals surface area contributed by atoms with Crippen molar-refractivity contribution in [1.82, 2.24) is 9.88 Å². The van der Waals surface area contributed by atoms with Crippen LogP contribution in [0.3, 0.4) is 0 Å². The minimum atomic E-state index is -0.408. The highest BCUT2D eigenvalue weighted by Gasteiger charge is 2.38. The Morgan fingerprint density at radius 3 is 2.85 bits per heavy atom. The van der Waals surface area contributed by atoms with Crippen LogP contribution in [0.5, 0.6) is 0 Å². The number of fused-ring (bicyclic) bond motifs is 1. The standard InChI is InChI=1S/C18H25N3O4S/c1-10(9-25-4)21-8-11(5-14(21)23)16(24)20-17-19-12-6-18(2,3)7-13(22)15(12)26-17/h10-11H,5-9H2,1-4H3,(H,19,20,24)/t10-,11-/m0/s1. The van der Waals surface area contributed by atoms with Crippen LogP contribution < -0.4 is 5.32 Å². The molecule has 1 aromatic heterocycles. The average molecular weight is 379 g/mol. The number of ether oxygens (including phenoxy) is 1. The molecule has 0 radical (unpaired) electrons. The van der Waals surface area contributed by atoms with Gasteiger partial charge in [0.2, 0.25) is 11.8 Å². The predicted molar refractivity (Wildman–Crippen MR) is 98.3 cm³/mol. The minimum Gasteiger partial charge on any atom is -0.383 e. The van der Waals surface area contributed by atoms with Crippen LogP contribution in [0.25, 0.3) is 0 Å². The number of carbonyl (C=O) groups excluding carboxylic acids is 3. The number of methoxy groups -OCH3 is 1. The normalized spacial score (nSPS) is 23.1. The zero-order valence-electron chi connectivity index (χ0n) is 15.6. The predicted octanol–water partition coefficient (Wildman–Crippen LogP) is 2.12. The number of nitrogens with zero attached hydrogens (tertiary/aromatic N) is 2. The van der Waals surface area contributed by atoms with Gasteiger partial charge in [-0.25, -0.2) is 4.98 Å². The van der Waals surface area contributed by atoms with Crippen molar-refractivity contribution in [3.05, 3.63) is 10.6 Å². The number of hydrogen-bond acceptors (Lipinski definition) is 6. The van der Waals surface area contributed by atoms with Crippen LogP contribution in [0.15, 0.2) is 0 Å². The quantitative estimate of drug-likeness (QED) is 0.846. The van der Waals surface area contributed by atoms with Crippen LogP contribution in [0.1, 0.15) is 49.0 Å². The third-order valence-electron chi connectivity index (χ3n) is 4.94. The Kier molecular flexibility index (Phi) is 5.16. The Bertz CT molecular complexity index is 743. The largest absolute Gasteiger partial charge is 0.383 e. The summed E-state index contributed by atoms with van der Waals surface area (Å²) >= 11 is 1.24. The molecule has 2 heterocycles. The lowest BCUT2D eigenvalue weighted by Crippen LogP contribution is -2.38. The van der Waals surface area contributed by atoms with Crippen molar-refractivity contribution in [3.63, 3.8) is 0 Å². The highest BCUT2D eigenvalue weighted by molar-refractivity contribution is 7.17. The van der Waals surface area contributed by atoms with E-state index in [1.165, 1.54) is 11.3 Å². The number of Topliss-reactive ketones (excluding diaryl/α,β-unsaturated/α-hetero) is 1. The number of thiazole rings is 1. The first-order valence-electron chi connectivity index (χ1n) is 8.82. The first-order chi connectivity index (χ1) is 12.2. The zero-order valence-corrected chi connectivity index (χ0v) is 16.4. The molecule has 26 heavy (non-hydrogen) atoms. The molecule has 8 heteroatoms. The summed E-state index contributed by atoms with van der Waals surface area (Å²) in [4.78, 5) is 43.8. The maximum absolute atomic E-state index is 12.6. The molecule has 0 bridgehead atoms. The van der Waals surface area contributed by atoms with E-state index in [0.29, 0.717) is 29.6 Å². The lowest BCUT2D eigenvalue weighted by Gasteiger charge is -2.26. The Labute approximate surface area is 157 Å². The summed E-state index contributed by atoms with van der Waals surface area (Å²) in [5.41, 5.74) is 0.666. The lowest BCUT2D eigenvalue weighted by atomic mass is 9.78. The van der Waals surface area contributed by atoms with Crippen molar-refractivity contribution < 1.29 is 19.1 Å². The summed E-state index contributed by atoms with van der Waals surface area (Å²) in [6.07, 6.45) is 1.42. The number of carbonyl (C=O) groups is 3. The molecule has 0 spiro atoms. The first kappa shape index (κ1) is 19.0. The van der Waals surface area contributed by atoms with Crippen molar-refractivity contribution in [2.75, 3.05) is 25.6 Å². The average Bonchev–Trinajstić information content (AvgIpc) is 3.10. The molecule has 2 aliphatic rings. The molecule has 0 unspecified atom stereocenters. The SMILES string of the molecule is COC[C@H](C)N1C[C@@H](C(=O)Nc2nc3c(s2)C(=O)CC(C)(C)C3)CC1=O. The molecule has 2 amide bonds. The molecule has 1 aliphatic carbocycles. The van der Waals surface area contributed by atoms with Crippen LogP contribution >= 0.6 is 11.3 Å². The van der Waals surface area contributed by atoms with Gasteiger partial charge < -0.3 is 15.0 Å². The number of amides is 2. The first-order valence-corrected chi connectivity index (χ1v) is 9.64. The van der Waals surface area contributed by atoms with E-state index in [9.17, 15) is 14.4 Å². The molecule has 7 nitrogen and oxygen atoms in total. The van der Waals surface area contributed by atoms with Crippen molar-refractivity contribution in [2.24, 2.45) is 11.3 Å². The number of likely N-dealkylation sites (tertiary alicyclic amines) is 1. The Balaban J connectivity index is 1.66. The summed E-state index contributed by atoms with van der Waals surface area (Å²) in [6, 6.07) is -0.0580. The number of aromatic nitrogens is 1. The number of rotatable bonds is 5. The number of ketones is 1. The molecule has 1 saturated heterocycles. The second-order valence-corrected chi connectivity index (χ2v) is 8.98. The topological polar surface area (TPSA) is 88.6 Å². The molecule has 1 aromatic rings. The molecular formula is C18H25N3O4S. The van der Waals surface area contributed by atoms with Crippen molar-refractivity contribution in [3.8, 4) is 0 Å². The molecule has 142 valence electrons. The van der Waals surface area contributed by atoms with Gasteiger partial charge in [-0.15, -0.1) is 0 Å². The van der Waals surface area contributed by atoms with Crippen LogP contribution in [-0.2, 0) is 20.7 Å². The van der Waals surface area contributed by atoms with Crippen LogP contribution in [0, 0.1) is 11.3 Å². The fourth-order valence-corrected chi connectivity index (χ4v) is 4.57. The van der Waals surface area contributed by atoms with Gasteiger partial charge in [-0.05, 0) is 18.8 Å². The number of nitrogens with one attached hydrogen (secondary N) is 1. The van der Waals surface area contributed by atoms with Gasteiger partial charge >= 0.3 is 0 Å². The minimum absolute atomic E-state index is 0.0370. The lowest BCUT2D eigenvalue weighted by molar-refractivity contribution is -0.130. The summed E-state index contributed by atoms with van der Waals surface area (Å²) < 4.78 is 5.09. The maximum atomic E-state index is 12.6. The van der Waals surface area contributed by atoms with E-state index in [4.69, 9.17) is 4.74 Å². The molecular weight excluding hydrogens is 354 g/mol. The summed E-state index contributed by atoms with van der Waals surface area (Å²) in [5.74, 6) is -0.576. The Morgan fingerprint density at radius 1 is 1.42 bits per heavy atom. The van der Waals surface area contributed by atoms with Crippen molar-refractivity contribution in [1.29, 1.82) is 0 Å². The third kappa shape index (κ3) is 3.81. The molecule has 1 aliphatic heterocycles. The van der Waals surface area contributed by atoms with E-state index in [1.807, 2.05) is 20.8 Å². The van der Waals surface area contributed by atoms with Gasteiger partial charge in [-0.1, -0.05) is 25.2 Å². The monoisotopic (exact) mass is 379 g/mol. The van der Waals surface area contributed by atoms with E-state index < -0.39 is 5.92 Å². The van der Waals surface area contributed by atoms with Gasteiger partial charge in [0.1, 0.15) is 0 Å². The highest BCUT2D eigenvalue weighted by Crippen LogP contribution is 2.38. The van der Waals surface area contributed by atoms with E-state index in [0.717, 1.165) is 12.1 Å². The van der Waals surface area contributed by atoms with Crippen molar-refractivity contribution >= 4 is 34.1 Å². The van der Waals surface area contributed by atoms with Gasteiger partial charge in [0.15, 0.2) is 10.9 Å². The summed E-state index contributed by atoms with van der Waals surface area (Å²) in [6.45, 7) is 6.82. The second kappa shape index (κ2) is 7.08. The molecule has 1 fully saturated rings. The van der Waals surface area contributed by atoms with E-state index in [1.54, 1.807) is 12.0 Å². The molecule has 2 atom stereocenters. The van der Waals surface area contributed by atoms with Gasteiger partial charge in [-0.3, -0.25) is 14.4 Å². The second-order valence-electron chi connectivity index (χ2n) is 7.98. The Hall–Kier alpha value is -1.80. The van der Waals surface area contributed by atoms with E-state index >= 15 is 0 Å². The molecule has 0 saturated carbocycles. The van der Waals surface area contributed by atoms with Gasteiger partial charge in [-0.2, -0.15) is 0 Å². The smallest absolute Gasteiger partial charge is 0.231 e. The third-order valence-corrected chi connectivity index (χ3v) is 5.99. The molecule has 0 aromatic carbocycles. The highest BCUT2D eigenvalue weighted by atomic mass is 32.1. The van der Waals surface area contributed by atoms with Gasteiger partial charge in [0, 0.05) is 26.5 Å². The van der Waals surface area contributed by atoms with Crippen LogP contribution in [-0.4, -0.2) is 53.8 Å². The van der Waals surface area contributed by atoms with Crippen molar-refractivity contribution in [2.45, 2.75) is 46.1 Å². The molecule has 1 N–H and O–H groups in total. The fourth-order valence-electron chi connectivity index (χ4n) is 3.65. The van der Waals surface area contributed by atoms with Crippen LogP contribution in [0.2, 0.25) is 0 Å². The van der Waals surface area contributed by atoms with Gasteiger partial charge in [0.25, 0.3) is 0 Å². The Morgan fingerprint density at radius 2 is 2.15 bits per heavy atom.